The minimum absolute atomic E-state index is 0.155. The number of carbonyl (C=O) groups excluding carboxylic acids is 1. The number of hydrogen-bond acceptors (Lipinski definition) is 5. The van der Waals surface area contributed by atoms with Gasteiger partial charge in [-0.05, 0) is 30.9 Å². The number of nitrogens with zero attached hydrogens (tertiary/aromatic N) is 1. The highest BCUT2D eigenvalue weighted by molar-refractivity contribution is 8.28. The zero-order chi connectivity index (χ0) is 23.3. The van der Waals surface area contributed by atoms with Crippen LogP contribution in [0.25, 0.3) is 0 Å². The molecule has 1 amide bonds. The lowest BCUT2D eigenvalue weighted by atomic mass is 10.0. The molecule has 2 heterocycles. The number of alkyl halides is 2. The van der Waals surface area contributed by atoms with Gasteiger partial charge >= 0.3 is 0 Å². The van der Waals surface area contributed by atoms with Crippen LogP contribution in [-0.4, -0.2) is 42.3 Å². The Kier molecular flexibility index (Phi) is 8.29. The number of carbonyl (C=O) groups is 1. The number of aromatic nitrogens is 2. The van der Waals surface area contributed by atoms with Gasteiger partial charge in [-0.25, -0.2) is 13.2 Å². The maximum Gasteiger partial charge on any atom is 0.262 e. The summed E-state index contributed by atoms with van der Waals surface area (Å²) < 4.78 is 43.5. The number of fused-ring (bicyclic) bond motifs is 1. The van der Waals surface area contributed by atoms with Crippen molar-refractivity contribution in [1.29, 1.82) is 0 Å². The highest BCUT2D eigenvalue weighted by atomic mass is 32.8. The SMILES string of the molecule is CC(F)(F)CNC=O.COC1CCC(c2cc(Nc3ccc4c(c3F)CS(=S)C4)n[nH]2)C1. The minimum Gasteiger partial charge on any atom is -0.381 e. The Bertz CT molecular complexity index is 965. The lowest BCUT2D eigenvalue weighted by Crippen LogP contribution is -2.28. The maximum atomic E-state index is 14.7. The molecule has 1 aliphatic heterocycles. The van der Waals surface area contributed by atoms with Gasteiger partial charge in [-0.3, -0.25) is 9.89 Å². The van der Waals surface area contributed by atoms with E-state index in [9.17, 15) is 18.0 Å². The summed E-state index contributed by atoms with van der Waals surface area (Å²) >= 11 is 5.34. The number of halogens is 3. The molecule has 1 aliphatic carbocycles. The fourth-order valence-electron chi connectivity index (χ4n) is 3.84. The van der Waals surface area contributed by atoms with Crippen molar-refractivity contribution in [3.05, 3.63) is 40.8 Å². The predicted octanol–water partition coefficient (Wildman–Crippen LogP) is 4.06. The van der Waals surface area contributed by atoms with Gasteiger partial charge in [0.25, 0.3) is 5.92 Å². The number of ether oxygens (including phenoxy) is 1. The van der Waals surface area contributed by atoms with E-state index in [1.807, 2.05) is 17.4 Å². The molecular weight excluding hydrogens is 461 g/mol. The Balaban J connectivity index is 0.000000312. The van der Waals surface area contributed by atoms with Crippen LogP contribution in [0.15, 0.2) is 18.2 Å². The Morgan fingerprint density at radius 2 is 2.16 bits per heavy atom. The number of methoxy groups -OCH3 is 1. The lowest BCUT2D eigenvalue weighted by Gasteiger charge is -2.08. The minimum atomic E-state index is -2.79. The van der Waals surface area contributed by atoms with E-state index >= 15 is 0 Å². The van der Waals surface area contributed by atoms with Gasteiger partial charge in [-0.1, -0.05) is 17.3 Å². The standard InChI is InChI=1S/C17H20FN3OS2.C4H7F2NO/c1-22-12-4-2-10(6-12)15-7-16(21-20-15)19-14-5-3-11-8-24(23)9-13(11)17(14)18;1-4(5,6)2-7-3-8/h3,5,7,10,12H,2,4,6,8-9H2,1H3,(H2,19,20,21);3H,2H2,1H3,(H,7,8). The van der Waals surface area contributed by atoms with E-state index in [1.165, 1.54) is 0 Å². The van der Waals surface area contributed by atoms with E-state index < -0.39 is 12.5 Å². The smallest absolute Gasteiger partial charge is 0.262 e. The molecule has 2 aromatic rings. The summed E-state index contributed by atoms with van der Waals surface area (Å²) in [6, 6.07) is 5.75. The first-order valence-electron chi connectivity index (χ1n) is 10.3. The number of nitrogens with one attached hydrogen (secondary N) is 3. The summed E-state index contributed by atoms with van der Waals surface area (Å²) in [5, 5.41) is 12.3. The number of rotatable bonds is 7. The molecule has 3 atom stereocenters. The zero-order valence-electron chi connectivity index (χ0n) is 17.9. The first kappa shape index (κ1) is 24.7. The Hall–Kier alpha value is -1.98. The number of aromatic amines is 1. The van der Waals surface area contributed by atoms with Crippen molar-refractivity contribution in [1.82, 2.24) is 15.5 Å². The van der Waals surface area contributed by atoms with Crippen LogP contribution >= 0.6 is 0 Å². The quantitative estimate of drug-likeness (QED) is 0.513. The zero-order valence-corrected chi connectivity index (χ0v) is 19.6. The molecule has 0 saturated heterocycles. The molecule has 1 fully saturated rings. The summed E-state index contributed by atoms with van der Waals surface area (Å²) in [7, 11) is 1.61. The van der Waals surface area contributed by atoms with E-state index in [0.717, 1.165) is 48.8 Å². The summed E-state index contributed by atoms with van der Waals surface area (Å²) in [5.74, 6) is -0.405. The monoisotopic (exact) mass is 488 g/mol. The lowest BCUT2D eigenvalue weighted by molar-refractivity contribution is -0.111. The van der Waals surface area contributed by atoms with Crippen LogP contribution in [-0.2, 0) is 41.7 Å². The predicted molar refractivity (Wildman–Crippen MR) is 122 cm³/mol. The van der Waals surface area contributed by atoms with Crippen molar-refractivity contribution in [2.45, 2.75) is 55.6 Å². The van der Waals surface area contributed by atoms with Gasteiger partial charge in [0, 0.05) is 48.8 Å². The van der Waals surface area contributed by atoms with Crippen LogP contribution in [0.1, 0.15) is 48.9 Å². The molecular formula is C21H27F3N4O2S2. The van der Waals surface area contributed by atoms with Crippen LogP contribution in [0, 0.1) is 5.82 Å². The molecule has 3 N–H and O–H groups in total. The van der Waals surface area contributed by atoms with Gasteiger partial charge in [0.2, 0.25) is 6.41 Å². The second kappa shape index (κ2) is 10.8. The third-order valence-corrected chi connectivity index (χ3v) is 7.43. The van der Waals surface area contributed by atoms with Gasteiger partial charge in [-0.15, -0.1) is 9.45 Å². The first-order valence-corrected chi connectivity index (χ1v) is 12.7. The van der Waals surface area contributed by atoms with Crippen LogP contribution in [0.3, 0.4) is 0 Å². The van der Waals surface area contributed by atoms with Crippen LogP contribution in [0.5, 0.6) is 0 Å². The van der Waals surface area contributed by atoms with Crippen molar-refractivity contribution < 1.29 is 22.7 Å². The Morgan fingerprint density at radius 3 is 2.78 bits per heavy atom. The number of benzene rings is 1. The second-order valence-electron chi connectivity index (χ2n) is 8.06. The molecule has 1 aromatic heterocycles. The average molecular weight is 489 g/mol. The summed E-state index contributed by atoms with van der Waals surface area (Å²) in [6.45, 7) is 0.153. The molecule has 2 aliphatic rings. The molecule has 176 valence electrons. The number of hydrogen-bond donors (Lipinski definition) is 3. The maximum absolute atomic E-state index is 14.7. The average Bonchev–Trinajstić information content (AvgIpc) is 3.47. The molecule has 4 rings (SSSR count). The Labute approximate surface area is 192 Å². The molecule has 1 saturated carbocycles. The third kappa shape index (κ3) is 6.52. The topological polar surface area (TPSA) is 79.0 Å². The van der Waals surface area contributed by atoms with Gasteiger partial charge in [0.1, 0.15) is 0 Å². The number of anilines is 2. The summed E-state index contributed by atoms with van der Waals surface area (Å²) in [6.07, 6.45) is 3.75. The van der Waals surface area contributed by atoms with E-state index in [1.54, 1.807) is 13.2 Å². The fraction of sp³-hybridized carbons (Fsp3) is 0.524. The normalized spacial score (nSPS) is 22.1. The van der Waals surface area contributed by atoms with Gasteiger partial charge in [0.05, 0.1) is 18.3 Å². The number of H-pyrrole nitrogens is 1. The molecule has 3 unspecified atom stereocenters. The molecule has 6 nitrogen and oxygen atoms in total. The third-order valence-electron chi connectivity index (χ3n) is 5.48. The van der Waals surface area contributed by atoms with Crippen molar-refractivity contribution in [3.63, 3.8) is 0 Å². The molecule has 32 heavy (non-hydrogen) atoms. The molecule has 0 spiro atoms. The Morgan fingerprint density at radius 1 is 1.38 bits per heavy atom. The molecule has 0 bridgehead atoms. The van der Waals surface area contributed by atoms with Crippen molar-refractivity contribution in [2.75, 3.05) is 19.0 Å². The van der Waals surface area contributed by atoms with E-state index in [2.05, 4.69) is 15.5 Å². The van der Waals surface area contributed by atoms with E-state index in [4.69, 9.17) is 15.9 Å². The van der Waals surface area contributed by atoms with E-state index in [0.29, 0.717) is 29.3 Å². The fourth-order valence-corrected chi connectivity index (χ4v) is 5.93. The van der Waals surface area contributed by atoms with E-state index in [-0.39, 0.29) is 21.7 Å². The van der Waals surface area contributed by atoms with Crippen LogP contribution < -0.4 is 10.6 Å². The van der Waals surface area contributed by atoms with Crippen LogP contribution in [0.2, 0.25) is 0 Å². The van der Waals surface area contributed by atoms with Gasteiger partial charge in [0.15, 0.2) is 11.6 Å². The largest absolute Gasteiger partial charge is 0.381 e. The van der Waals surface area contributed by atoms with Crippen molar-refractivity contribution in [2.24, 2.45) is 0 Å². The number of amides is 1. The molecule has 1 aromatic carbocycles. The van der Waals surface area contributed by atoms with Gasteiger partial charge < -0.3 is 15.4 Å². The van der Waals surface area contributed by atoms with Crippen molar-refractivity contribution >= 4 is 38.6 Å². The second-order valence-corrected chi connectivity index (χ2v) is 10.9. The van der Waals surface area contributed by atoms with Crippen LogP contribution in [0.4, 0.5) is 24.7 Å². The highest BCUT2D eigenvalue weighted by Gasteiger charge is 2.27. The molecule has 0 radical (unpaired) electrons. The summed E-state index contributed by atoms with van der Waals surface area (Å²) in [4.78, 5) is 9.41. The first-order chi connectivity index (χ1) is 15.2. The van der Waals surface area contributed by atoms with Gasteiger partial charge in [-0.2, -0.15) is 5.10 Å². The van der Waals surface area contributed by atoms with Crippen molar-refractivity contribution in [3.8, 4) is 0 Å². The summed E-state index contributed by atoms with van der Waals surface area (Å²) in [5.41, 5.74) is 3.39. The highest BCUT2D eigenvalue weighted by Crippen LogP contribution is 2.36. The molecule has 11 heteroatoms.